The van der Waals surface area contributed by atoms with Crippen molar-refractivity contribution in [2.24, 2.45) is 5.73 Å². The molecule has 0 fully saturated rings. The average Bonchev–Trinajstić information content (AvgIpc) is 2.52. The van der Waals surface area contributed by atoms with Gasteiger partial charge in [0.15, 0.2) is 11.5 Å². The fraction of sp³-hybridized carbons (Fsp3) is 0.500. The van der Waals surface area contributed by atoms with E-state index in [1.54, 1.807) is 0 Å². The summed E-state index contributed by atoms with van der Waals surface area (Å²) in [7, 11) is 0. The average molecular weight is 248 g/mol. The van der Waals surface area contributed by atoms with Gasteiger partial charge in [-0.1, -0.05) is 12.1 Å². The Morgan fingerprint density at radius 3 is 2.94 bits per heavy atom. The van der Waals surface area contributed by atoms with Crippen LogP contribution in [0.2, 0.25) is 0 Å². The molecule has 1 heterocycles. The lowest BCUT2D eigenvalue weighted by molar-refractivity contribution is 0.127. The Balaban J connectivity index is 2.17. The molecular weight excluding hydrogens is 228 g/mol. The van der Waals surface area contributed by atoms with E-state index in [4.69, 9.17) is 20.6 Å². The van der Waals surface area contributed by atoms with Crippen molar-refractivity contribution in [1.82, 2.24) is 0 Å². The van der Waals surface area contributed by atoms with Gasteiger partial charge >= 0.3 is 0 Å². The molecule has 4 nitrogen and oxygen atoms in total. The van der Waals surface area contributed by atoms with Gasteiger partial charge in [0.2, 0.25) is 0 Å². The van der Waals surface area contributed by atoms with Crippen molar-refractivity contribution in [1.29, 1.82) is 5.41 Å². The molecule has 1 aromatic rings. The largest absolute Gasteiger partial charge is 0.486 e. The van der Waals surface area contributed by atoms with E-state index in [1.807, 2.05) is 19.1 Å². The van der Waals surface area contributed by atoms with Gasteiger partial charge in [-0.25, -0.2) is 0 Å². The Morgan fingerprint density at radius 1 is 1.56 bits per heavy atom. The molecule has 1 aromatic carbocycles. The summed E-state index contributed by atoms with van der Waals surface area (Å²) >= 11 is 0. The number of ether oxygens (including phenoxy) is 2. The first kappa shape index (κ1) is 12.7. The van der Waals surface area contributed by atoms with Gasteiger partial charge in [-0.05, 0) is 26.8 Å². The van der Waals surface area contributed by atoms with Gasteiger partial charge in [0.25, 0.3) is 0 Å². The van der Waals surface area contributed by atoms with E-state index < -0.39 is 0 Å². The summed E-state index contributed by atoms with van der Waals surface area (Å²) in [6, 6.07) is 5.93. The van der Waals surface area contributed by atoms with Crippen LogP contribution < -0.4 is 15.2 Å². The lowest BCUT2D eigenvalue weighted by Gasteiger charge is -2.20. The molecule has 0 bridgehead atoms. The molecule has 2 rings (SSSR count). The van der Waals surface area contributed by atoms with Gasteiger partial charge in [-0.3, -0.25) is 5.41 Å². The molecule has 1 unspecified atom stereocenters. The van der Waals surface area contributed by atoms with E-state index in [2.05, 4.69) is 19.9 Å². The highest BCUT2D eigenvalue weighted by Crippen LogP contribution is 2.42. The van der Waals surface area contributed by atoms with Gasteiger partial charge < -0.3 is 15.2 Å². The van der Waals surface area contributed by atoms with Crippen molar-refractivity contribution in [3.05, 3.63) is 23.8 Å². The Hall–Kier alpha value is -1.71. The molecule has 98 valence electrons. The zero-order valence-electron chi connectivity index (χ0n) is 11.1. The number of nitrogens with two attached hydrogens (primary N) is 1. The Morgan fingerprint density at radius 2 is 2.28 bits per heavy atom. The number of hydrogen-bond donors (Lipinski definition) is 2. The topological polar surface area (TPSA) is 68.3 Å². The minimum atomic E-state index is -0.175. The molecular formula is C14H20N2O2. The van der Waals surface area contributed by atoms with Crippen molar-refractivity contribution >= 4 is 5.84 Å². The summed E-state index contributed by atoms with van der Waals surface area (Å²) in [5.74, 6) is 1.71. The molecule has 0 aromatic heterocycles. The summed E-state index contributed by atoms with van der Waals surface area (Å²) in [4.78, 5) is 0. The van der Waals surface area contributed by atoms with Crippen LogP contribution in [0.5, 0.6) is 11.5 Å². The van der Waals surface area contributed by atoms with Crippen molar-refractivity contribution in [3.8, 4) is 11.5 Å². The highest BCUT2D eigenvalue weighted by molar-refractivity contribution is 5.77. The van der Waals surface area contributed by atoms with Crippen LogP contribution in [0.1, 0.15) is 32.8 Å². The molecule has 1 atom stereocenters. The maximum atomic E-state index is 7.27. The highest BCUT2D eigenvalue weighted by Gasteiger charge is 2.32. The van der Waals surface area contributed by atoms with E-state index in [9.17, 15) is 0 Å². The predicted octanol–water partition coefficient (Wildman–Crippen LogP) is 2.49. The molecule has 0 amide bonds. The summed E-state index contributed by atoms with van der Waals surface area (Å²) in [6.07, 6.45) is 1.19. The first-order valence-corrected chi connectivity index (χ1v) is 6.18. The van der Waals surface area contributed by atoms with Crippen LogP contribution in [-0.2, 0) is 6.42 Å². The fourth-order valence-corrected chi connectivity index (χ4v) is 2.25. The summed E-state index contributed by atoms with van der Waals surface area (Å²) in [5.41, 5.74) is 6.37. The third kappa shape index (κ3) is 2.75. The standard InChI is InChI=1S/C14H20N2O2/c1-9(7-12(15)16)17-11-6-4-5-10-8-14(2,3)18-13(10)11/h4-6,9H,7-8H2,1-3H3,(H3,15,16). The molecule has 0 saturated carbocycles. The second kappa shape index (κ2) is 4.52. The maximum absolute atomic E-state index is 7.27. The predicted molar refractivity (Wildman–Crippen MR) is 71.5 cm³/mol. The van der Waals surface area contributed by atoms with Crippen LogP contribution in [-0.4, -0.2) is 17.5 Å². The van der Waals surface area contributed by atoms with Crippen molar-refractivity contribution in [3.63, 3.8) is 0 Å². The summed E-state index contributed by atoms with van der Waals surface area (Å²) < 4.78 is 11.7. The number of para-hydroxylation sites is 1. The zero-order chi connectivity index (χ0) is 13.3. The molecule has 0 radical (unpaired) electrons. The van der Waals surface area contributed by atoms with Crippen LogP contribution >= 0.6 is 0 Å². The van der Waals surface area contributed by atoms with Crippen LogP contribution in [0, 0.1) is 5.41 Å². The van der Waals surface area contributed by atoms with E-state index in [0.717, 1.165) is 17.9 Å². The minimum absolute atomic E-state index is 0.124. The van der Waals surface area contributed by atoms with Gasteiger partial charge in [0.05, 0.1) is 5.84 Å². The number of fused-ring (bicyclic) bond motifs is 1. The monoisotopic (exact) mass is 248 g/mol. The quantitative estimate of drug-likeness (QED) is 0.635. The fourth-order valence-electron chi connectivity index (χ4n) is 2.25. The number of hydrogen-bond acceptors (Lipinski definition) is 3. The van der Waals surface area contributed by atoms with E-state index in [-0.39, 0.29) is 17.5 Å². The minimum Gasteiger partial charge on any atom is -0.486 e. The van der Waals surface area contributed by atoms with E-state index >= 15 is 0 Å². The Kier molecular flexibility index (Phi) is 3.20. The van der Waals surface area contributed by atoms with Crippen molar-refractivity contribution < 1.29 is 9.47 Å². The molecule has 0 saturated heterocycles. The first-order chi connectivity index (χ1) is 8.37. The SMILES string of the molecule is CC(CC(=N)N)Oc1cccc2c1OC(C)(C)C2. The van der Waals surface area contributed by atoms with Crippen LogP contribution in [0.4, 0.5) is 0 Å². The third-order valence-electron chi connectivity index (χ3n) is 2.89. The zero-order valence-corrected chi connectivity index (χ0v) is 11.1. The highest BCUT2D eigenvalue weighted by atomic mass is 16.5. The van der Waals surface area contributed by atoms with E-state index in [1.165, 1.54) is 5.56 Å². The maximum Gasteiger partial charge on any atom is 0.165 e. The van der Waals surface area contributed by atoms with Gasteiger partial charge in [-0.15, -0.1) is 0 Å². The first-order valence-electron chi connectivity index (χ1n) is 6.18. The van der Waals surface area contributed by atoms with Crippen LogP contribution in [0.25, 0.3) is 0 Å². The number of benzene rings is 1. The lowest BCUT2D eigenvalue weighted by Crippen LogP contribution is -2.25. The lowest BCUT2D eigenvalue weighted by atomic mass is 10.0. The summed E-state index contributed by atoms with van der Waals surface area (Å²) in [6.45, 7) is 6.03. The molecule has 0 aliphatic carbocycles. The number of nitrogens with one attached hydrogen (secondary N) is 1. The second-order valence-electron chi connectivity index (χ2n) is 5.44. The molecule has 18 heavy (non-hydrogen) atoms. The normalized spacial score (nSPS) is 17.7. The Labute approximate surface area is 108 Å². The Bertz CT molecular complexity index is 469. The summed E-state index contributed by atoms with van der Waals surface area (Å²) in [5, 5.41) is 7.27. The third-order valence-corrected chi connectivity index (χ3v) is 2.89. The van der Waals surface area contributed by atoms with Crippen molar-refractivity contribution in [2.45, 2.75) is 45.3 Å². The van der Waals surface area contributed by atoms with Gasteiger partial charge in [-0.2, -0.15) is 0 Å². The second-order valence-corrected chi connectivity index (χ2v) is 5.44. The van der Waals surface area contributed by atoms with Crippen LogP contribution in [0.15, 0.2) is 18.2 Å². The van der Waals surface area contributed by atoms with Crippen molar-refractivity contribution in [2.75, 3.05) is 0 Å². The molecule has 1 aliphatic rings. The number of rotatable bonds is 4. The van der Waals surface area contributed by atoms with Gasteiger partial charge in [0, 0.05) is 18.4 Å². The smallest absolute Gasteiger partial charge is 0.165 e. The molecule has 4 heteroatoms. The van der Waals surface area contributed by atoms with Crippen LogP contribution in [0.3, 0.4) is 0 Å². The molecule has 3 N–H and O–H groups in total. The molecule has 1 aliphatic heterocycles. The molecule has 0 spiro atoms. The number of amidine groups is 1. The van der Waals surface area contributed by atoms with E-state index in [0.29, 0.717) is 6.42 Å². The van der Waals surface area contributed by atoms with Gasteiger partial charge in [0.1, 0.15) is 11.7 Å².